The van der Waals surface area contributed by atoms with Gasteiger partial charge in [0.25, 0.3) is 0 Å². The van der Waals surface area contributed by atoms with Gasteiger partial charge < -0.3 is 29.1 Å². The van der Waals surface area contributed by atoms with Gasteiger partial charge in [-0.2, -0.15) is 0 Å². The van der Waals surface area contributed by atoms with Crippen LogP contribution in [0.5, 0.6) is 11.5 Å². The number of methoxy groups -OCH3 is 1. The number of para-hydroxylation sites is 2. The molecule has 6 nitrogen and oxygen atoms in total. The number of nitrogens with zero attached hydrogens (tertiary/aromatic N) is 1. The molecule has 0 spiro atoms. The van der Waals surface area contributed by atoms with E-state index in [1.54, 1.807) is 7.11 Å². The van der Waals surface area contributed by atoms with E-state index in [4.69, 9.17) is 14.2 Å². The van der Waals surface area contributed by atoms with E-state index < -0.39 is 6.10 Å². The molecular weight excluding hydrogens is 436 g/mol. The molecule has 1 saturated heterocycles. The number of aliphatic hydroxyl groups is 1. The highest BCUT2D eigenvalue weighted by Gasteiger charge is 2.24. The zero-order valence-corrected chi connectivity index (χ0v) is 18.4. The third-order valence-electron chi connectivity index (χ3n) is 5.04. The van der Waals surface area contributed by atoms with Crippen molar-refractivity contribution in [2.45, 2.75) is 6.10 Å². The molecule has 1 aliphatic heterocycles. The summed E-state index contributed by atoms with van der Waals surface area (Å²) in [5.41, 5.74) is 1.14. The fourth-order valence-electron chi connectivity index (χ4n) is 3.52. The Kier molecular flexibility index (Phi) is 8.61. The van der Waals surface area contributed by atoms with E-state index in [0.717, 1.165) is 47.8 Å². The Morgan fingerprint density at radius 3 is 2.52 bits per heavy atom. The summed E-state index contributed by atoms with van der Waals surface area (Å²) in [6.45, 7) is 5.85. The minimum atomic E-state index is -0.463. The molecule has 3 rings (SSSR count). The average Bonchev–Trinajstić information content (AvgIpc) is 2.75. The first kappa shape index (κ1) is 21.9. The second kappa shape index (κ2) is 11.4. The van der Waals surface area contributed by atoms with E-state index in [1.165, 1.54) is 4.90 Å². The van der Waals surface area contributed by atoms with Gasteiger partial charge in [-0.3, -0.25) is 0 Å². The molecule has 2 aromatic carbocycles. The van der Waals surface area contributed by atoms with E-state index >= 15 is 0 Å². The van der Waals surface area contributed by atoms with Gasteiger partial charge in [0.1, 0.15) is 30.8 Å². The molecule has 1 atom stereocenters. The number of benzene rings is 2. The van der Waals surface area contributed by atoms with Crippen LogP contribution < -0.4 is 19.3 Å². The van der Waals surface area contributed by atoms with E-state index in [9.17, 15) is 5.11 Å². The van der Waals surface area contributed by atoms with Crippen molar-refractivity contribution in [2.75, 3.05) is 64.6 Å². The molecule has 1 aliphatic rings. The van der Waals surface area contributed by atoms with Crippen LogP contribution in [0.15, 0.2) is 53.0 Å². The highest BCUT2D eigenvalue weighted by atomic mass is 79.9. The molecule has 1 fully saturated rings. The second-order valence-electron chi connectivity index (χ2n) is 7.14. The van der Waals surface area contributed by atoms with Crippen LogP contribution >= 0.6 is 15.9 Å². The Morgan fingerprint density at radius 2 is 1.79 bits per heavy atom. The van der Waals surface area contributed by atoms with Gasteiger partial charge in [-0.25, -0.2) is 0 Å². The summed E-state index contributed by atoms with van der Waals surface area (Å²) in [5, 5.41) is 10.3. The Balaban J connectivity index is 1.30. The summed E-state index contributed by atoms with van der Waals surface area (Å²) in [6, 6.07) is 15.8. The van der Waals surface area contributed by atoms with Crippen molar-refractivity contribution in [3.63, 3.8) is 0 Å². The van der Waals surface area contributed by atoms with Gasteiger partial charge in [-0.1, -0.05) is 28.1 Å². The molecule has 158 valence electrons. The quantitative estimate of drug-likeness (QED) is 0.522. The van der Waals surface area contributed by atoms with Crippen molar-refractivity contribution in [2.24, 2.45) is 0 Å². The highest BCUT2D eigenvalue weighted by Crippen LogP contribution is 2.27. The van der Waals surface area contributed by atoms with Gasteiger partial charge >= 0.3 is 0 Å². The van der Waals surface area contributed by atoms with Crippen LogP contribution in [0.25, 0.3) is 0 Å². The maximum atomic E-state index is 10.3. The van der Waals surface area contributed by atoms with Crippen LogP contribution in [0.3, 0.4) is 0 Å². The van der Waals surface area contributed by atoms with Crippen LogP contribution in [0.1, 0.15) is 0 Å². The standard InChI is InChI=1S/C22H29BrN2O4/c1-27-22-5-3-2-4-21(22)25-12-10-24(11-13-25)16-19(26)17-28-14-15-29-20-8-6-18(23)7-9-20/h2-9,19,26H,10-17H2,1H3/p+1/t19-/m0/s1. The predicted molar refractivity (Wildman–Crippen MR) is 117 cm³/mol. The topological polar surface area (TPSA) is 55.6 Å². The fraction of sp³-hybridized carbons (Fsp3) is 0.455. The minimum Gasteiger partial charge on any atom is -0.495 e. The number of halogens is 1. The lowest BCUT2D eigenvalue weighted by Crippen LogP contribution is -3.16. The lowest BCUT2D eigenvalue weighted by Gasteiger charge is -2.35. The molecule has 29 heavy (non-hydrogen) atoms. The second-order valence-corrected chi connectivity index (χ2v) is 8.06. The van der Waals surface area contributed by atoms with Gasteiger partial charge in [-0.05, 0) is 36.4 Å². The summed E-state index contributed by atoms with van der Waals surface area (Å²) in [7, 11) is 1.71. The van der Waals surface area contributed by atoms with Gasteiger partial charge in [0.05, 0.1) is 52.2 Å². The molecule has 0 unspecified atom stereocenters. The predicted octanol–water partition coefficient (Wildman–Crippen LogP) is 1.62. The Hall–Kier alpha value is -1.80. The van der Waals surface area contributed by atoms with Crippen molar-refractivity contribution in [1.29, 1.82) is 0 Å². The number of aliphatic hydroxyl groups excluding tert-OH is 1. The number of quaternary nitrogens is 1. The molecule has 0 radical (unpaired) electrons. The Morgan fingerprint density at radius 1 is 1.07 bits per heavy atom. The van der Waals surface area contributed by atoms with Crippen molar-refractivity contribution in [3.8, 4) is 11.5 Å². The summed E-state index contributed by atoms with van der Waals surface area (Å²) in [5.74, 6) is 1.73. The summed E-state index contributed by atoms with van der Waals surface area (Å²) >= 11 is 3.40. The molecule has 0 aliphatic carbocycles. The number of rotatable bonds is 10. The number of ether oxygens (including phenoxy) is 3. The number of hydrogen-bond acceptors (Lipinski definition) is 5. The number of nitrogens with one attached hydrogen (secondary N) is 1. The van der Waals surface area contributed by atoms with Crippen molar-refractivity contribution in [3.05, 3.63) is 53.0 Å². The first-order valence-electron chi connectivity index (χ1n) is 10.0. The third-order valence-corrected chi connectivity index (χ3v) is 5.57. The maximum Gasteiger partial charge on any atom is 0.142 e. The van der Waals surface area contributed by atoms with Gasteiger partial charge in [0.15, 0.2) is 0 Å². The van der Waals surface area contributed by atoms with Crippen LogP contribution in [-0.2, 0) is 4.74 Å². The van der Waals surface area contributed by atoms with Gasteiger partial charge in [0, 0.05) is 4.47 Å². The largest absolute Gasteiger partial charge is 0.495 e. The Bertz CT molecular complexity index is 736. The molecule has 0 amide bonds. The smallest absolute Gasteiger partial charge is 0.142 e. The summed E-state index contributed by atoms with van der Waals surface area (Å²) < 4.78 is 17.7. The number of piperazine rings is 1. The summed E-state index contributed by atoms with van der Waals surface area (Å²) in [4.78, 5) is 3.75. The molecule has 7 heteroatoms. The minimum absolute atomic E-state index is 0.337. The van der Waals surface area contributed by atoms with Gasteiger partial charge in [-0.15, -0.1) is 0 Å². The number of hydrogen-bond donors (Lipinski definition) is 2. The lowest BCUT2D eigenvalue weighted by atomic mass is 10.2. The average molecular weight is 466 g/mol. The molecule has 0 aromatic heterocycles. The van der Waals surface area contributed by atoms with Crippen LogP contribution in [-0.4, -0.2) is 70.9 Å². The zero-order valence-electron chi connectivity index (χ0n) is 16.9. The molecule has 0 bridgehead atoms. The Labute approximate surface area is 181 Å². The molecule has 2 aromatic rings. The van der Waals surface area contributed by atoms with E-state index in [-0.39, 0.29) is 0 Å². The highest BCUT2D eigenvalue weighted by molar-refractivity contribution is 9.10. The molecular formula is C22H30BrN2O4+. The third kappa shape index (κ3) is 6.89. The SMILES string of the molecule is COc1ccccc1N1CC[NH+](C[C@H](O)COCCOc2ccc(Br)cc2)CC1. The monoisotopic (exact) mass is 465 g/mol. The number of anilines is 1. The van der Waals surface area contributed by atoms with Crippen molar-refractivity contribution < 1.29 is 24.2 Å². The normalized spacial score (nSPS) is 15.9. The zero-order chi connectivity index (χ0) is 20.5. The van der Waals surface area contributed by atoms with Crippen LogP contribution in [0.4, 0.5) is 5.69 Å². The molecule has 1 heterocycles. The van der Waals surface area contributed by atoms with E-state index in [1.807, 2.05) is 42.5 Å². The summed E-state index contributed by atoms with van der Waals surface area (Å²) in [6.07, 6.45) is -0.463. The maximum absolute atomic E-state index is 10.3. The molecule has 2 N–H and O–H groups in total. The van der Waals surface area contributed by atoms with Crippen LogP contribution in [0.2, 0.25) is 0 Å². The van der Waals surface area contributed by atoms with E-state index in [0.29, 0.717) is 26.4 Å². The lowest BCUT2D eigenvalue weighted by molar-refractivity contribution is -0.903. The van der Waals surface area contributed by atoms with Crippen molar-refractivity contribution >= 4 is 21.6 Å². The first-order valence-corrected chi connectivity index (χ1v) is 10.8. The first-order chi connectivity index (χ1) is 14.2. The van der Waals surface area contributed by atoms with Crippen molar-refractivity contribution in [1.82, 2.24) is 0 Å². The van der Waals surface area contributed by atoms with Gasteiger partial charge in [0.2, 0.25) is 0 Å². The van der Waals surface area contributed by atoms with Crippen LogP contribution in [0, 0.1) is 0 Å². The molecule has 0 saturated carbocycles. The van der Waals surface area contributed by atoms with E-state index in [2.05, 4.69) is 26.9 Å². The fourth-order valence-corrected chi connectivity index (χ4v) is 3.78.